The molecule has 5 heteroatoms. The Labute approximate surface area is 155 Å². The first-order chi connectivity index (χ1) is 11.3. The second kappa shape index (κ2) is 10.8. The lowest BCUT2D eigenvalue weighted by molar-refractivity contribution is -0.154. The number of rotatable bonds is 10. The van der Waals surface area contributed by atoms with Crippen LogP contribution in [0.15, 0.2) is 18.2 Å². The molecule has 0 unspecified atom stereocenters. The highest BCUT2D eigenvalue weighted by Crippen LogP contribution is 2.20. The molecule has 3 nitrogen and oxygen atoms in total. The monoisotopic (exact) mass is 374 g/mol. The number of halogens is 2. The number of alkyl halides is 2. The Hall–Kier alpha value is -0.930. The molecule has 0 saturated carbocycles. The predicted molar refractivity (Wildman–Crippen MR) is 100.0 cm³/mol. The number of esters is 1. The first kappa shape index (κ1) is 21.1. The van der Waals surface area contributed by atoms with Gasteiger partial charge in [-0.3, -0.25) is 4.79 Å². The van der Waals surface area contributed by atoms with Crippen molar-refractivity contribution >= 4 is 29.2 Å². The lowest BCUT2D eigenvalue weighted by Gasteiger charge is -2.19. The number of benzene rings is 1. The van der Waals surface area contributed by atoms with Gasteiger partial charge >= 0.3 is 5.97 Å². The van der Waals surface area contributed by atoms with Crippen molar-refractivity contribution in [2.45, 2.75) is 70.2 Å². The van der Waals surface area contributed by atoms with Crippen LogP contribution in [0.4, 0.5) is 0 Å². The molecule has 0 fully saturated rings. The zero-order valence-corrected chi connectivity index (χ0v) is 16.4. The highest BCUT2D eigenvalue weighted by Gasteiger charge is 2.15. The van der Waals surface area contributed by atoms with Gasteiger partial charge in [0.25, 0.3) is 0 Å². The van der Waals surface area contributed by atoms with Crippen molar-refractivity contribution in [1.29, 1.82) is 0 Å². The van der Waals surface area contributed by atoms with Crippen LogP contribution in [0.25, 0.3) is 0 Å². The average molecular weight is 375 g/mol. The summed E-state index contributed by atoms with van der Waals surface area (Å²) in [5.74, 6) is 1.60. The number of unbranched alkanes of at least 4 members (excludes halogenated alkanes) is 3. The van der Waals surface area contributed by atoms with Gasteiger partial charge in [-0.25, -0.2) is 0 Å². The minimum Gasteiger partial charge on any atom is -0.494 e. The van der Waals surface area contributed by atoms with Gasteiger partial charge in [-0.15, -0.1) is 23.2 Å². The van der Waals surface area contributed by atoms with Gasteiger partial charge in [0, 0.05) is 18.2 Å². The highest BCUT2D eigenvalue weighted by atomic mass is 35.5. The molecule has 0 aliphatic carbocycles. The number of ether oxygens (including phenoxy) is 2. The highest BCUT2D eigenvalue weighted by molar-refractivity contribution is 6.17. The van der Waals surface area contributed by atoms with Gasteiger partial charge in [0.2, 0.25) is 0 Å². The van der Waals surface area contributed by atoms with Gasteiger partial charge in [-0.1, -0.05) is 18.9 Å². The molecule has 0 aliphatic heterocycles. The third-order valence-electron chi connectivity index (χ3n) is 3.30. The van der Waals surface area contributed by atoms with Crippen molar-refractivity contribution in [3.8, 4) is 5.75 Å². The number of hydrogen-bond donors (Lipinski definition) is 0. The summed E-state index contributed by atoms with van der Waals surface area (Å²) in [6.45, 7) is 6.31. The van der Waals surface area contributed by atoms with Crippen LogP contribution in [0.2, 0.25) is 0 Å². The fraction of sp³-hybridized carbons (Fsp3) is 0.632. The summed E-state index contributed by atoms with van der Waals surface area (Å²) in [6.07, 6.45) is 4.31. The first-order valence-electron chi connectivity index (χ1n) is 8.43. The van der Waals surface area contributed by atoms with E-state index in [0.717, 1.165) is 42.6 Å². The molecular formula is C19H28Cl2O3. The van der Waals surface area contributed by atoms with E-state index in [2.05, 4.69) is 0 Å². The van der Waals surface area contributed by atoms with Crippen molar-refractivity contribution in [3.63, 3.8) is 0 Å². The van der Waals surface area contributed by atoms with Gasteiger partial charge in [0.15, 0.2) is 0 Å². The Morgan fingerprint density at radius 3 is 2.08 bits per heavy atom. The van der Waals surface area contributed by atoms with Crippen LogP contribution in [0.5, 0.6) is 5.75 Å². The average Bonchev–Trinajstić information content (AvgIpc) is 2.51. The van der Waals surface area contributed by atoms with E-state index in [1.54, 1.807) is 0 Å². The summed E-state index contributed by atoms with van der Waals surface area (Å²) in [4.78, 5) is 11.6. The summed E-state index contributed by atoms with van der Waals surface area (Å²) in [6, 6.07) is 5.89. The number of hydrogen-bond acceptors (Lipinski definition) is 3. The van der Waals surface area contributed by atoms with Gasteiger partial charge < -0.3 is 9.47 Å². The van der Waals surface area contributed by atoms with Crippen LogP contribution in [0.1, 0.15) is 64.0 Å². The molecule has 136 valence electrons. The van der Waals surface area contributed by atoms with Gasteiger partial charge in [-0.2, -0.15) is 0 Å². The quantitative estimate of drug-likeness (QED) is 0.293. The zero-order chi connectivity index (χ0) is 18.0. The van der Waals surface area contributed by atoms with Crippen LogP contribution in [-0.2, 0) is 21.3 Å². The Bertz CT molecular complexity index is 488. The third-order valence-corrected chi connectivity index (χ3v) is 3.92. The van der Waals surface area contributed by atoms with Gasteiger partial charge in [0.05, 0.1) is 6.61 Å². The molecule has 0 N–H and O–H groups in total. The molecule has 24 heavy (non-hydrogen) atoms. The van der Waals surface area contributed by atoms with E-state index in [0.29, 0.717) is 24.8 Å². The standard InChI is InChI=1S/C19H28Cl2O3/c1-19(2,3)24-18(22)8-6-4-5-7-9-23-17-11-15(13-20)10-16(12-17)14-21/h10-12H,4-9,13-14H2,1-3H3. The topological polar surface area (TPSA) is 35.5 Å². The zero-order valence-electron chi connectivity index (χ0n) is 14.9. The van der Waals surface area contributed by atoms with E-state index in [1.807, 2.05) is 39.0 Å². The van der Waals surface area contributed by atoms with Crippen molar-refractivity contribution < 1.29 is 14.3 Å². The minimum atomic E-state index is -0.398. The summed E-state index contributed by atoms with van der Waals surface area (Å²) in [5, 5.41) is 0. The molecule has 0 heterocycles. The molecule has 0 atom stereocenters. The second-order valence-electron chi connectivity index (χ2n) is 6.85. The van der Waals surface area contributed by atoms with E-state index in [9.17, 15) is 4.79 Å². The van der Waals surface area contributed by atoms with Crippen molar-refractivity contribution in [2.75, 3.05) is 6.61 Å². The fourth-order valence-electron chi connectivity index (χ4n) is 2.27. The van der Waals surface area contributed by atoms with Crippen LogP contribution in [0.3, 0.4) is 0 Å². The summed E-state index contributed by atoms with van der Waals surface area (Å²) >= 11 is 11.8. The molecule has 0 saturated heterocycles. The second-order valence-corrected chi connectivity index (χ2v) is 7.39. The smallest absolute Gasteiger partial charge is 0.306 e. The Kier molecular flexibility index (Phi) is 9.53. The van der Waals surface area contributed by atoms with E-state index in [1.165, 1.54) is 0 Å². The lowest BCUT2D eigenvalue weighted by atomic mass is 10.1. The number of carbonyl (C=O) groups excluding carboxylic acids is 1. The Balaban J connectivity index is 2.17. The number of carbonyl (C=O) groups is 1. The molecule has 1 aromatic carbocycles. The lowest BCUT2D eigenvalue weighted by Crippen LogP contribution is -2.23. The predicted octanol–water partition coefficient (Wildman–Crippen LogP) is 5.84. The summed E-state index contributed by atoms with van der Waals surface area (Å²) in [5.41, 5.74) is 1.63. The van der Waals surface area contributed by atoms with Crippen molar-refractivity contribution in [1.82, 2.24) is 0 Å². The third kappa shape index (κ3) is 9.39. The molecule has 0 spiro atoms. The minimum absolute atomic E-state index is 0.120. The van der Waals surface area contributed by atoms with Crippen molar-refractivity contribution in [2.24, 2.45) is 0 Å². The molecule has 0 aliphatic rings. The maximum absolute atomic E-state index is 11.6. The Morgan fingerprint density at radius 2 is 1.54 bits per heavy atom. The molecule has 1 aromatic rings. The summed E-state index contributed by atoms with van der Waals surface area (Å²) < 4.78 is 11.1. The van der Waals surface area contributed by atoms with E-state index >= 15 is 0 Å². The SMILES string of the molecule is CC(C)(C)OC(=O)CCCCCCOc1cc(CCl)cc(CCl)c1. The molecular weight excluding hydrogens is 347 g/mol. The van der Waals surface area contributed by atoms with E-state index in [4.69, 9.17) is 32.7 Å². The molecule has 0 amide bonds. The molecule has 1 rings (SSSR count). The van der Waals surface area contributed by atoms with Crippen molar-refractivity contribution in [3.05, 3.63) is 29.3 Å². The molecule has 0 aromatic heterocycles. The molecule has 0 radical (unpaired) electrons. The largest absolute Gasteiger partial charge is 0.494 e. The van der Waals surface area contributed by atoms with E-state index < -0.39 is 5.60 Å². The fourth-order valence-corrected chi connectivity index (χ4v) is 2.58. The maximum Gasteiger partial charge on any atom is 0.306 e. The Morgan fingerprint density at radius 1 is 0.958 bits per heavy atom. The van der Waals surface area contributed by atoms with Crippen LogP contribution >= 0.6 is 23.2 Å². The van der Waals surface area contributed by atoms with Crippen LogP contribution < -0.4 is 4.74 Å². The van der Waals surface area contributed by atoms with Gasteiger partial charge in [-0.05, 0) is 56.9 Å². The van der Waals surface area contributed by atoms with Crippen LogP contribution in [0, 0.1) is 0 Å². The molecule has 0 bridgehead atoms. The summed E-state index contributed by atoms with van der Waals surface area (Å²) in [7, 11) is 0. The van der Waals surface area contributed by atoms with Crippen LogP contribution in [-0.4, -0.2) is 18.2 Å². The van der Waals surface area contributed by atoms with E-state index in [-0.39, 0.29) is 5.97 Å². The first-order valence-corrected chi connectivity index (χ1v) is 9.50. The normalized spacial score (nSPS) is 11.4. The van der Waals surface area contributed by atoms with Gasteiger partial charge in [0.1, 0.15) is 11.4 Å². The maximum atomic E-state index is 11.6.